The molecule has 7 N–H and O–H groups in total. The number of benzene rings is 5. The van der Waals surface area contributed by atoms with E-state index in [1.807, 2.05) is 84.7 Å². The van der Waals surface area contributed by atoms with Gasteiger partial charge in [0.25, 0.3) is 0 Å². The summed E-state index contributed by atoms with van der Waals surface area (Å²) in [6.45, 7) is 1.18. The number of ether oxygens (including phenoxy) is 2. The summed E-state index contributed by atoms with van der Waals surface area (Å²) in [7, 11) is 1.93. The number of nitrogens with two attached hydrogens (primary N) is 1. The molecular formula is C45H50N4O7. The second kappa shape index (κ2) is 19.3. The first-order valence-corrected chi connectivity index (χ1v) is 18.9. The number of aliphatic hydroxyl groups is 2. The Morgan fingerprint density at radius 1 is 0.857 bits per heavy atom. The Labute approximate surface area is 327 Å². The van der Waals surface area contributed by atoms with Crippen LogP contribution in [0, 0.1) is 0 Å². The molecule has 0 spiro atoms. The molecule has 4 atom stereocenters. The van der Waals surface area contributed by atoms with E-state index in [-0.39, 0.29) is 49.2 Å². The van der Waals surface area contributed by atoms with Crippen LogP contribution < -0.4 is 16.4 Å². The molecule has 0 saturated carbocycles. The number of para-hydroxylation sites is 2. The predicted molar refractivity (Wildman–Crippen MR) is 216 cm³/mol. The van der Waals surface area contributed by atoms with Crippen LogP contribution in [-0.4, -0.2) is 58.3 Å². The summed E-state index contributed by atoms with van der Waals surface area (Å²) < 4.78 is 13.1. The lowest BCUT2D eigenvalue weighted by molar-refractivity contribution is -0.252. The fourth-order valence-electron chi connectivity index (χ4n) is 6.88. The van der Waals surface area contributed by atoms with E-state index in [1.165, 1.54) is 0 Å². The molecule has 0 aromatic heterocycles. The van der Waals surface area contributed by atoms with E-state index < -0.39 is 12.4 Å². The zero-order chi connectivity index (χ0) is 39.4. The van der Waals surface area contributed by atoms with Crippen molar-refractivity contribution in [1.29, 1.82) is 0 Å². The standard InChI is InChI=1S/C45H50N4O7/c1-49(28-41(52)34-9-6-10-36(51)24-34)27-37-25-42(32-18-16-30(29-50)17-19-32)56-45(55-37)33-22-20-31(21-23-33)38-11-3-2-8-35(38)26-47-43(53)14-7-15-44(54)48-40-13-5-4-12-39(40)46/h2-6,8-13,16-24,37,41-42,45,50-52H,7,14-15,25-29,46H2,1H3,(H,47,53)(H,48,54)/t37-,41-,42+,45+/m1/s1. The van der Waals surface area contributed by atoms with Gasteiger partial charge in [0.15, 0.2) is 6.29 Å². The second-order valence-corrected chi connectivity index (χ2v) is 14.2. The number of carbonyl (C=O) groups is 2. The Bertz CT molecular complexity index is 2060. The van der Waals surface area contributed by atoms with Crippen LogP contribution in [-0.2, 0) is 32.2 Å². The first kappa shape index (κ1) is 40.1. The maximum Gasteiger partial charge on any atom is 0.224 e. The quantitative estimate of drug-likeness (QED) is 0.0596. The highest BCUT2D eigenvalue weighted by Crippen LogP contribution is 2.39. The van der Waals surface area contributed by atoms with Gasteiger partial charge in [-0.3, -0.25) is 9.59 Å². The molecule has 2 amide bonds. The molecule has 0 radical (unpaired) electrons. The molecule has 5 aromatic carbocycles. The number of phenolic OH excluding ortho intramolecular Hbond substituents is 1. The summed E-state index contributed by atoms with van der Waals surface area (Å²) in [6, 6.07) is 37.4. The van der Waals surface area contributed by atoms with Gasteiger partial charge in [0.2, 0.25) is 11.8 Å². The lowest BCUT2D eigenvalue weighted by atomic mass is 9.97. The van der Waals surface area contributed by atoms with Crippen molar-refractivity contribution in [1.82, 2.24) is 10.2 Å². The van der Waals surface area contributed by atoms with Crippen LogP contribution >= 0.6 is 0 Å². The molecule has 56 heavy (non-hydrogen) atoms. The molecule has 0 bridgehead atoms. The fourth-order valence-corrected chi connectivity index (χ4v) is 6.88. The third-order valence-electron chi connectivity index (χ3n) is 9.90. The van der Waals surface area contributed by atoms with Crippen LogP contribution in [0.3, 0.4) is 0 Å². The van der Waals surface area contributed by atoms with Gasteiger partial charge in [0.1, 0.15) is 5.75 Å². The molecule has 0 aliphatic carbocycles. The van der Waals surface area contributed by atoms with Gasteiger partial charge >= 0.3 is 0 Å². The molecule has 1 saturated heterocycles. The zero-order valence-corrected chi connectivity index (χ0v) is 31.5. The van der Waals surface area contributed by atoms with E-state index in [1.54, 1.807) is 48.5 Å². The van der Waals surface area contributed by atoms with E-state index >= 15 is 0 Å². The number of aliphatic hydroxyl groups excluding tert-OH is 2. The van der Waals surface area contributed by atoms with Gasteiger partial charge in [0.05, 0.1) is 36.3 Å². The van der Waals surface area contributed by atoms with E-state index in [4.69, 9.17) is 15.2 Å². The van der Waals surface area contributed by atoms with Crippen molar-refractivity contribution in [2.24, 2.45) is 0 Å². The van der Waals surface area contributed by atoms with Gasteiger partial charge in [-0.1, -0.05) is 97.1 Å². The maximum absolute atomic E-state index is 12.7. The highest BCUT2D eigenvalue weighted by Gasteiger charge is 2.33. The number of anilines is 2. The minimum Gasteiger partial charge on any atom is -0.508 e. The number of hydrogen-bond acceptors (Lipinski definition) is 9. The number of amides is 2. The smallest absolute Gasteiger partial charge is 0.224 e. The van der Waals surface area contributed by atoms with Crippen molar-refractivity contribution >= 4 is 23.2 Å². The molecule has 11 heteroatoms. The molecule has 292 valence electrons. The number of carbonyl (C=O) groups excluding carboxylic acids is 2. The van der Waals surface area contributed by atoms with Crippen LogP contribution in [0.5, 0.6) is 5.75 Å². The fraction of sp³-hybridized carbons (Fsp3) is 0.289. The minimum atomic E-state index is -0.785. The third kappa shape index (κ3) is 11.0. The minimum absolute atomic E-state index is 0.0411. The van der Waals surface area contributed by atoms with Crippen molar-refractivity contribution in [3.63, 3.8) is 0 Å². The Balaban J connectivity index is 1.08. The van der Waals surface area contributed by atoms with E-state index in [9.17, 15) is 24.9 Å². The van der Waals surface area contributed by atoms with Crippen LogP contribution in [0.25, 0.3) is 11.1 Å². The number of nitrogen functional groups attached to an aromatic ring is 1. The summed E-state index contributed by atoms with van der Waals surface area (Å²) in [5, 5.41) is 36.1. The molecule has 11 nitrogen and oxygen atoms in total. The molecule has 5 aromatic rings. The van der Waals surface area contributed by atoms with E-state index in [2.05, 4.69) is 10.6 Å². The monoisotopic (exact) mass is 758 g/mol. The topological polar surface area (TPSA) is 167 Å². The summed E-state index contributed by atoms with van der Waals surface area (Å²) in [5.74, 6) is -0.217. The molecule has 1 heterocycles. The lowest BCUT2D eigenvalue weighted by Crippen LogP contribution is -2.39. The normalized spacial score (nSPS) is 17.3. The van der Waals surface area contributed by atoms with Crippen molar-refractivity contribution in [3.05, 3.63) is 149 Å². The molecule has 1 fully saturated rings. The SMILES string of the molecule is CN(C[C@H]1C[C@@H](c2ccc(CO)cc2)O[C@@H](c2ccc(-c3ccccc3CNC(=O)CCCC(=O)Nc3ccccc3N)cc2)O1)C[C@@H](O)c1cccc(O)c1. The molecule has 6 rings (SSSR count). The highest BCUT2D eigenvalue weighted by molar-refractivity contribution is 5.94. The summed E-state index contributed by atoms with van der Waals surface area (Å²) in [6.07, 6.45) is -0.506. The van der Waals surface area contributed by atoms with E-state index in [0.717, 1.165) is 33.4 Å². The molecule has 1 aliphatic rings. The van der Waals surface area contributed by atoms with Crippen LogP contribution in [0.2, 0.25) is 0 Å². The number of aromatic hydroxyl groups is 1. The lowest BCUT2D eigenvalue weighted by Gasteiger charge is -2.38. The molecule has 1 aliphatic heterocycles. The van der Waals surface area contributed by atoms with Crippen molar-refractivity contribution in [3.8, 4) is 16.9 Å². The number of nitrogens with one attached hydrogen (secondary N) is 2. The van der Waals surface area contributed by atoms with Crippen LogP contribution in [0.15, 0.2) is 121 Å². The van der Waals surface area contributed by atoms with E-state index in [0.29, 0.717) is 49.4 Å². The van der Waals surface area contributed by atoms with Crippen molar-refractivity contribution in [2.75, 3.05) is 31.2 Å². The molecule has 0 unspecified atom stereocenters. The molecular weight excluding hydrogens is 709 g/mol. The Hall–Kier alpha value is -5.56. The predicted octanol–water partition coefficient (Wildman–Crippen LogP) is 6.77. The first-order valence-electron chi connectivity index (χ1n) is 18.9. The van der Waals surface area contributed by atoms with Gasteiger partial charge in [-0.05, 0) is 71.1 Å². The van der Waals surface area contributed by atoms with Crippen molar-refractivity contribution in [2.45, 2.75) is 63.4 Å². The van der Waals surface area contributed by atoms with Gasteiger partial charge in [-0.2, -0.15) is 0 Å². The Morgan fingerprint density at radius 3 is 2.32 bits per heavy atom. The van der Waals surface area contributed by atoms with Gasteiger partial charge in [-0.15, -0.1) is 0 Å². The maximum atomic E-state index is 12.7. The summed E-state index contributed by atoms with van der Waals surface area (Å²) >= 11 is 0. The first-order chi connectivity index (χ1) is 27.1. The largest absolute Gasteiger partial charge is 0.508 e. The average molecular weight is 759 g/mol. The third-order valence-corrected chi connectivity index (χ3v) is 9.90. The van der Waals surface area contributed by atoms with Gasteiger partial charge in [-0.25, -0.2) is 0 Å². The second-order valence-electron chi connectivity index (χ2n) is 14.2. The summed E-state index contributed by atoms with van der Waals surface area (Å²) in [5.41, 5.74) is 13.2. The van der Waals surface area contributed by atoms with Gasteiger partial charge in [0, 0.05) is 44.5 Å². The van der Waals surface area contributed by atoms with Gasteiger partial charge < -0.3 is 46.1 Å². The highest BCUT2D eigenvalue weighted by atomic mass is 16.7. The zero-order valence-electron chi connectivity index (χ0n) is 31.5. The summed E-state index contributed by atoms with van der Waals surface area (Å²) in [4.78, 5) is 27.1. The Morgan fingerprint density at radius 2 is 1.57 bits per heavy atom. The Kier molecular flexibility index (Phi) is 13.9. The van der Waals surface area contributed by atoms with Crippen LogP contribution in [0.4, 0.5) is 11.4 Å². The number of likely N-dealkylation sites (N-methyl/N-ethyl adjacent to an activating group) is 1. The van der Waals surface area contributed by atoms with Crippen LogP contribution in [0.1, 0.15) is 72.0 Å². The van der Waals surface area contributed by atoms with Crippen molar-refractivity contribution < 1.29 is 34.4 Å². The number of hydrogen-bond donors (Lipinski definition) is 6. The number of nitrogens with zero attached hydrogens (tertiary/aromatic N) is 1. The number of phenols is 1. The average Bonchev–Trinajstić information content (AvgIpc) is 3.21. The number of rotatable bonds is 16.